The number of hydrogen-bond acceptors (Lipinski definition) is 1. The molecule has 1 radical (unpaired) electrons. The smallest absolute Gasteiger partial charge is 0 e. The van der Waals surface area contributed by atoms with E-state index < -0.39 is 0 Å². The van der Waals surface area contributed by atoms with Gasteiger partial charge in [0.1, 0.15) is 0 Å². The summed E-state index contributed by atoms with van der Waals surface area (Å²) >= 11 is 0. The van der Waals surface area contributed by atoms with Gasteiger partial charge in [0.2, 0.25) is 0 Å². The molecule has 10 heavy (non-hydrogen) atoms. The van der Waals surface area contributed by atoms with Crippen molar-refractivity contribution in [3.8, 4) is 0 Å². The Morgan fingerprint density at radius 1 is 1.10 bits per heavy atom. The number of nitrogens with one attached hydrogen (secondary N) is 1. The molecule has 1 rings (SSSR count). The van der Waals surface area contributed by atoms with E-state index in [4.69, 9.17) is 0 Å². The SMILES string of the molecule is C1CNCC[N-]1.CC.[CH3-].[La]. The van der Waals surface area contributed by atoms with E-state index in [-0.39, 0.29) is 43.0 Å². The minimum Gasteiger partial charge on any atom is -0.660 e. The molecule has 0 aromatic rings. The van der Waals surface area contributed by atoms with Crippen molar-refractivity contribution in [1.82, 2.24) is 5.32 Å². The summed E-state index contributed by atoms with van der Waals surface area (Å²) in [6.45, 7) is 8.19. The Bertz CT molecular complexity index is 27.1. The molecule has 0 unspecified atom stereocenters. The third-order valence-electron chi connectivity index (χ3n) is 0.893. The van der Waals surface area contributed by atoms with E-state index in [9.17, 15) is 0 Å². The van der Waals surface area contributed by atoms with Crippen LogP contribution in [0.2, 0.25) is 0 Å². The zero-order valence-electron chi connectivity index (χ0n) is 7.35. The Balaban J connectivity index is -0.000000114. The van der Waals surface area contributed by atoms with Crippen LogP contribution < -0.4 is 5.32 Å². The summed E-state index contributed by atoms with van der Waals surface area (Å²) in [5, 5.41) is 7.31. The minimum atomic E-state index is 0. The number of piperazine rings is 1. The first-order valence-corrected chi connectivity index (χ1v) is 3.34. The van der Waals surface area contributed by atoms with Crippen molar-refractivity contribution in [2.45, 2.75) is 13.8 Å². The minimum absolute atomic E-state index is 0. The fourth-order valence-electron chi connectivity index (χ4n) is 0.553. The van der Waals surface area contributed by atoms with Crippen molar-refractivity contribution < 1.29 is 35.6 Å². The van der Waals surface area contributed by atoms with Gasteiger partial charge in [0.05, 0.1) is 0 Å². The normalized spacial score (nSPS) is 15.0. The summed E-state index contributed by atoms with van der Waals surface area (Å²) in [5.74, 6) is 0. The van der Waals surface area contributed by atoms with E-state index in [0.29, 0.717) is 0 Å². The van der Waals surface area contributed by atoms with Gasteiger partial charge in [-0.3, -0.25) is 0 Å². The van der Waals surface area contributed by atoms with Crippen molar-refractivity contribution in [1.29, 1.82) is 0 Å². The van der Waals surface area contributed by atoms with Gasteiger partial charge in [0.15, 0.2) is 0 Å². The quantitative estimate of drug-likeness (QED) is 0.662. The van der Waals surface area contributed by atoms with E-state index in [1.807, 2.05) is 13.8 Å². The van der Waals surface area contributed by atoms with E-state index in [1.165, 1.54) is 0 Å². The first-order valence-electron chi connectivity index (χ1n) is 3.34. The topological polar surface area (TPSA) is 26.1 Å². The van der Waals surface area contributed by atoms with E-state index in [0.717, 1.165) is 26.2 Å². The molecule has 0 aromatic carbocycles. The second kappa shape index (κ2) is 16.6. The molecular weight excluding hydrogens is 251 g/mol. The monoisotopic (exact) mass is 269 g/mol. The Kier molecular flexibility index (Phi) is 28.7. The van der Waals surface area contributed by atoms with Gasteiger partial charge in [-0.05, 0) is 13.1 Å². The molecule has 3 heteroatoms. The predicted molar refractivity (Wildman–Crippen MR) is 43.7 cm³/mol. The Morgan fingerprint density at radius 2 is 1.50 bits per heavy atom. The first-order chi connectivity index (χ1) is 4.00. The number of hydrogen-bond donors (Lipinski definition) is 1. The Morgan fingerprint density at radius 3 is 1.60 bits per heavy atom. The van der Waals surface area contributed by atoms with E-state index in [2.05, 4.69) is 10.6 Å². The first kappa shape index (κ1) is 17.3. The van der Waals surface area contributed by atoms with Gasteiger partial charge in [-0.2, -0.15) is 0 Å². The summed E-state index contributed by atoms with van der Waals surface area (Å²) in [6, 6.07) is 0. The summed E-state index contributed by atoms with van der Waals surface area (Å²) in [7, 11) is 0. The molecule has 1 fully saturated rings. The second-order valence-corrected chi connectivity index (χ2v) is 1.42. The number of nitrogens with zero attached hydrogens (tertiary/aromatic N) is 1. The molecule has 0 atom stereocenters. The van der Waals surface area contributed by atoms with Crippen LogP contribution in [0, 0.1) is 43.0 Å². The maximum Gasteiger partial charge on any atom is 0 e. The molecule has 1 N–H and O–H groups in total. The van der Waals surface area contributed by atoms with Gasteiger partial charge < -0.3 is 18.1 Å². The van der Waals surface area contributed by atoms with Crippen LogP contribution in [0.3, 0.4) is 0 Å². The van der Waals surface area contributed by atoms with Gasteiger partial charge in [-0.15, -0.1) is 13.1 Å². The van der Waals surface area contributed by atoms with E-state index >= 15 is 0 Å². The van der Waals surface area contributed by atoms with Crippen molar-refractivity contribution in [3.05, 3.63) is 12.7 Å². The average molecular weight is 269 g/mol. The Labute approximate surface area is 93.1 Å². The van der Waals surface area contributed by atoms with Crippen LogP contribution in [0.1, 0.15) is 13.8 Å². The molecular formula is C7H18LaN2-2. The molecule has 2 nitrogen and oxygen atoms in total. The van der Waals surface area contributed by atoms with Crippen molar-refractivity contribution >= 4 is 0 Å². The van der Waals surface area contributed by atoms with E-state index in [1.54, 1.807) is 0 Å². The maximum absolute atomic E-state index is 4.11. The van der Waals surface area contributed by atoms with Crippen LogP contribution in [0.25, 0.3) is 5.32 Å². The summed E-state index contributed by atoms with van der Waals surface area (Å²) in [4.78, 5) is 0. The van der Waals surface area contributed by atoms with Crippen LogP contribution >= 0.6 is 0 Å². The molecule has 0 spiro atoms. The standard InChI is InChI=1S/C4H9N2.C2H6.CH3.La/c1-2-6-4-3-5-1;1-2;;/h5H,1-4H2;1-2H3;1H3;/q-1;;-1;. The van der Waals surface area contributed by atoms with Gasteiger partial charge in [0, 0.05) is 35.6 Å². The molecule has 0 amide bonds. The molecule has 0 aliphatic carbocycles. The molecule has 1 aliphatic rings. The third kappa shape index (κ3) is 11.9. The second-order valence-electron chi connectivity index (χ2n) is 1.42. The molecule has 0 aromatic heterocycles. The molecule has 1 saturated heterocycles. The summed E-state index contributed by atoms with van der Waals surface area (Å²) in [5.41, 5.74) is 0. The van der Waals surface area contributed by atoms with Gasteiger partial charge in [-0.1, -0.05) is 13.8 Å². The van der Waals surface area contributed by atoms with Gasteiger partial charge >= 0.3 is 0 Å². The third-order valence-corrected chi connectivity index (χ3v) is 0.893. The molecule has 1 aliphatic heterocycles. The van der Waals surface area contributed by atoms with Gasteiger partial charge in [0.25, 0.3) is 0 Å². The fraction of sp³-hybridized carbons (Fsp3) is 0.857. The van der Waals surface area contributed by atoms with Crippen LogP contribution in [0.4, 0.5) is 0 Å². The van der Waals surface area contributed by atoms with Crippen molar-refractivity contribution in [2.75, 3.05) is 26.2 Å². The van der Waals surface area contributed by atoms with Crippen molar-refractivity contribution in [3.63, 3.8) is 0 Å². The maximum atomic E-state index is 4.11. The van der Waals surface area contributed by atoms with Gasteiger partial charge in [-0.25, -0.2) is 0 Å². The Hall–Kier alpha value is 1.11. The van der Waals surface area contributed by atoms with Crippen LogP contribution in [-0.4, -0.2) is 26.2 Å². The zero-order chi connectivity index (χ0) is 6.24. The predicted octanol–water partition coefficient (Wildman–Crippen LogP) is 1.44. The van der Waals surface area contributed by atoms with Crippen LogP contribution in [-0.2, 0) is 0 Å². The number of rotatable bonds is 0. The average Bonchev–Trinajstić information content (AvgIpc) is 1.96. The molecule has 0 saturated carbocycles. The zero-order valence-corrected chi connectivity index (χ0v) is 11.0. The summed E-state index contributed by atoms with van der Waals surface area (Å²) < 4.78 is 0. The van der Waals surface area contributed by atoms with Crippen LogP contribution in [0.15, 0.2) is 0 Å². The molecule has 0 bridgehead atoms. The molecule has 61 valence electrons. The molecule has 1 heterocycles. The largest absolute Gasteiger partial charge is 0.660 e. The van der Waals surface area contributed by atoms with Crippen LogP contribution in [0.5, 0.6) is 0 Å². The van der Waals surface area contributed by atoms with Crippen molar-refractivity contribution in [2.24, 2.45) is 0 Å². The summed E-state index contributed by atoms with van der Waals surface area (Å²) in [6.07, 6.45) is 0. The fourth-order valence-corrected chi connectivity index (χ4v) is 0.553.